The molecule has 0 saturated carbocycles. The third-order valence-electron chi connectivity index (χ3n) is 3.05. The molecule has 0 aliphatic heterocycles. The van der Waals surface area contributed by atoms with E-state index in [-0.39, 0.29) is 5.82 Å². The summed E-state index contributed by atoms with van der Waals surface area (Å²) in [6.07, 6.45) is 3.07. The summed E-state index contributed by atoms with van der Waals surface area (Å²) in [6.45, 7) is 6.61. The van der Waals surface area contributed by atoms with Gasteiger partial charge in [0.2, 0.25) is 0 Å². The predicted molar refractivity (Wildman–Crippen MR) is 72.2 cm³/mol. The summed E-state index contributed by atoms with van der Waals surface area (Å²) in [5, 5.41) is 1.07. The number of rotatable bonds is 6. The molecule has 0 fully saturated rings. The first-order chi connectivity index (χ1) is 8.66. The minimum atomic E-state index is -0.192. The van der Waals surface area contributed by atoms with E-state index in [1.807, 2.05) is 16.8 Å². The zero-order valence-electron chi connectivity index (χ0n) is 11.0. The van der Waals surface area contributed by atoms with Crippen LogP contribution in [-0.4, -0.2) is 17.8 Å². The molecule has 0 radical (unpaired) electrons. The third-order valence-corrected chi connectivity index (χ3v) is 3.05. The number of aromatic nitrogens is 1. The standard InChI is InChI=1S/C15H20FNO/c1-12(2)6-9-18-10-8-17-7-5-13-3-4-14(16)11-15(13)17/h3-5,7,11-12H,6,8-10H2,1-2H3. The Labute approximate surface area is 107 Å². The molecule has 2 rings (SSSR count). The Kier molecular flexibility index (Phi) is 4.37. The van der Waals surface area contributed by atoms with Gasteiger partial charge in [-0.1, -0.05) is 13.8 Å². The summed E-state index contributed by atoms with van der Waals surface area (Å²) < 4.78 is 20.8. The van der Waals surface area contributed by atoms with E-state index in [0.717, 1.165) is 30.5 Å². The van der Waals surface area contributed by atoms with Gasteiger partial charge in [0, 0.05) is 19.3 Å². The fourth-order valence-electron chi connectivity index (χ4n) is 1.94. The van der Waals surface area contributed by atoms with Crippen molar-refractivity contribution in [1.29, 1.82) is 0 Å². The number of hydrogen-bond acceptors (Lipinski definition) is 1. The lowest BCUT2D eigenvalue weighted by molar-refractivity contribution is 0.117. The first kappa shape index (κ1) is 13.1. The molecule has 1 aromatic carbocycles. The van der Waals surface area contributed by atoms with E-state index in [4.69, 9.17) is 4.74 Å². The average molecular weight is 249 g/mol. The minimum Gasteiger partial charge on any atom is -0.380 e. The number of nitrogens with zero attached hydrogens (tertiary/aromatic N) is 1. The van der Waals surface area contributed by atoms with E-state index in [2.05, 4.69) is 13.8 Å². The highest BCUT2D eigenvalue weighted by atomic mass is 19.1. The molecule has 1 aromatic heterocycles. The van der Waals surface area contributed by atoms with Gasteiger partial charge in [-0.15, -0.1) is 0 Å². The van der Waals surface area contributed by atoms with Crippen molar-refractivity contribution in [3.05, 3.63) is 36.3 Å². The quantitative estimate of drug-likeness (QED) is 0.709. The molecule has 0 spiro atoms. The largest absolute Gasteiger partial charge is 0.380 e. The summed E-state index contributed by atoms with van der Waals surface area (Å²) in [4.78, 5) is 0. The van der Waals surface area contributed by atoms with Gasteiger partial charge < -0.3 is 9.30 Å². The van der Waals surface area contributed by atoms with Crippen molar-refractivity contribution in [2.75, 3.05) is 13.2 Å². The number of halogens is 1. The van der Waals surface area contributed by atoms with Crippen molar-refractivity contribution >= 4 is 10.9 Å². The minimum absolute atomic E-state index is 0.192. The molecule has 0 aliphatic carbocycles. The Bertz CT molecular complexity index is 504. The van der Waals surface area contributed by atoms with Gasteiger partial charge >= 0.3 is 0 Å². The van der Waals surface area contributed by atoms with E-state index in [9.17, 15) is 4.39 Å². The fourth-order valence-corrected chi connectivity index (χ4v) is 1.94. The van der Waals surface area contributed by atoms with Crippen LogP contribution in [0, 0.1) is 11.7 Å². The third kappa shape index (κ3) is 3.33. The smallest absolute Gasteiger partial charge is 0.125 e. The second-order valence-corrected chi connectivity index (χ2v) is 5.01. The van der Waals surface area contributed by atoms with Gasteiger partial charge in [-0.05, 0) is 42.0 Å². The topological polar surface area (TPSA) is 14.2 Å². The van der Waals surface area contributed by atoms with Gasteiger partial charge in [0.15, 0.2) is 0 Å². The number of fused-ring (bicyclic) bond motifs is 1. The zero-order chi connectivity index (χ0) is 13.0. The van der Waals surface area contributed by atoms with Crippen LogP contribution in [0.3, 0.4) is 0 Å². The highest BCUT2D eigenvalue weighted by Crippen LogP contribution is 2.16. The van der Waals surface area contributed by atoms with Crippen molar-refractivity contribution in [2.24, 2.45) is 5.92 Å². The van der Waals surface area contributed by atoms with E-state index in [0.29, 0.717) is 12.5 Å². The van der Waals surface area contributed by atoms with Crippen molar-refractivity contribution in [3.63, 3.8) is 0 Å². The average Bonchev–Trinajstić information content (AvgIpc) is 2.71. The van der Waals surface area contributed by atoms with Gasteiger partial charge in [-0.3, -0.25) is 0 Å². The molecule has 0 aliphatic rings. The summed E-state index contributed by atoms with van der Waals surface area (Å²) in [6, 6.07) is 6.87. The van der Waals surface area contributed by atoms with Gasteiger partial charge in [0.25, 0.3) is 0 Å². The Balaban J connectivity index is 1.89. The predicted octanol–water partition coefficient (Wildman–Crippen LogP) is 3.84. The molecule has 0 N–H and O–H groups in total. The maximum atomic E-state index is 13.2. The van der Waals surface area contributed by atoms with Gasteiger partial charge in [-0.2, -0.15) is 0 Å². The second kappa shape index (κ2) is 6.01. The van der Waals surface area contributed by atoms with Crippen LogP contribution < -0.4 is 0 Å². The molecule has 98 valence electrons. The molecule has 0 unspecified atom stereocenters. The zero-order valence-corrected chi connectivity index (χ0v) is 11.0. The summed E-state index contributed by atoms with van der Waals surface area (Å²) >= 11 is 0. The van der Waals surface area contributed by atoms with Crippen LogP contribution in [0.15, 0.2) is 30.5 Å². The number of benzene rings is 1. The normalized spacial score (nSPS) is 11.6. The first-order valence-electron chi connectivity index (χ1n) is 6.49. The van der Waals surface area contributed by atoms with Crippen LogP contribution in [0.1, 0.15) is 20.3 Å². The van der Waals surface area contributed by atoms with Gasteiger partial charge in [0.05, 0.1) is 12.1 Å². The Morgan fingerprint density at radius 2 is 2.06 bits per heavy atom. The van der Waals surface area contributed by atoms with Crippen LogP contribution in [0.25, 0.3) is 10.9 Å². The van der Waals surface area contributed by atoms with Crippen LogP contribution in [-0.2, 0) is 11.3 Å². The van der Waals surface area contributed by atoms with E-state index in [1.54, 1.807) is 12.1 Å². The summed E-state index contributed by atoms with van der Waals surface area (Å²) in [5.74, 6) is 0.481. The van der Waals surface area contributed by atoms with Crippen LogP contribution in [0.5, 0.6) is 0 Å². The van der Waals surface area contributed by atoms with Crippen LogP contribution in [0.2, 0.25) is 0 Å². The molecule has 3 heteroatoms. The van der Waals surface area contributed by atoms with E-state index < -0.39 is 0 Å². The Hall–Kier alpha value is -1.35. The lowest BCUT2D eigenvalue weighted by Crippen LogP contribution is -2.07. The molecular formula is C15H20FNO. The number of ether oxygens (including phenoxy) is 1. The summed E-state index contributed by atoms with van der Waals surface area (Å²) in [7, 11) is 0. The Morgan fingerprint density at radius 3 is 2.83 bits per heavy atom. The molecule has 18 heavy (non-hydrogen) atoms. The second-order valence-electron chi connectivity index (χ2n) is 5.01. The molecular weight excluding hydrogens is 229 g/mol. The first-order valence-corrected chi connectivity index (χ1v) is 6.49. The highest BCUT2D eigenvalue weighted by molar-refractivity contribution is 5.80. The number of hydrogen-bond donors (Lipinski definition) is 0. The van der Waals surface area contributed by atoms with Crippen molar-refractivity contribution in [3.8, 4) is 0 Å². The molecule has 0 bridgehead atoms. The fraction of sp³-hybridized carbons (Fsp3) is 0.467. The maximum Gasteiger partial charge on any atom is 0.125 e. The molecule has 1 heterocycles. The highest BCUT2D eigenvalue weighted by Gasteiger charge is 2.02. The lowest BCUT2D eigenvalue weighted by atomic mass is 10.1. The summed E-state index contributed by atoms with van der Waals surface area (Å²) in [5.41, 5.74) is 0.933. The molecule has 0 saturated heterocycles. The van der Waals surface area contributed by atoms with Crippen molar-refractivity contribution < 1.29 is 9.13 Å². The Morgan fingerprint density at radius 1 is 1.22 bits per heavy atom. The molecule has 2 nitrogen and oxygen atoms in total. The van der Waals surface area contributed by atoms with Crippen LogP contribution >= 0.6 is 0 Å². The lowest BCUT2D eigenvalue weighted by Gasteiger charge is -2.08. The van der Waals surface area contributed by atoms with Gasteiger partial charge in [-0.25, -0.2) is 4.39 Å². The van der Waals surface area contributed by atoms with E-state index in [1.165, 1.54) is 6.07 Å². The van der Waals surface area contributed by atoms with E-state index >= 15 is 0 Å². The monoisotopic (exact) mass is 249 g/mol. The van der Waals surface area contributed by atoms with Gasteiger partial charge in [0.1, 0.15) is 5.82 Å². The molecule has 0 atom stereocenters. The molecule has 0 amide bonds. The van der Waals surface area contributed by atoms with Crippen molar-refractivity contribution in [1.82, 2.24) is 4.57 Å². The van der Waals surface area contributed by atoms with Crippen LogP contribution in [0.4, 0.5) is 4.39 Å². The SMILES string of the molecule is CC(C)CCOCCn1ccc2ccc(F)cc21. The van der Waals surface area contributed by atoms with Crippen molar-refractivity contribution in [2.45, 2.75) is 26.8 Å². The maximum absolute atomic E-state index is 13.2. The molecule has 2 aromatic rings.